The lowest BCUT2D eigenvalue weighted by Gasteiger charge is -2.25. The second-order valence-electron chi connectivity index (χ2n) is 10.6. The minimum absolute atomic E-state index is 0.206. The van der Waals surface area contributed by atoms with Gasteiger partial charge in [-0.25, -0.2) is 9.79 Å². The van der Waals surface area contributed by atoms with Gasteiger partial charge in [0.1, 0.15) is 0 Å². The van der Waals surface area contributed by atoms with Crippen molar-refractivity contribution in [2.24, 2.45) is 4.99 Å². The summed E-state index contributed by atoms with van der Waals surface area (Å²) in [5, 5.41) is 1.74. The maximum atomic E-state index is 14.2. The van der Waals surface area contributed by atoms with Crippen LogP contribution in [0.1, 0.15) is 36.6 Å². The van der Waals surface area contributed by atoms with Crippen LogP contribution in [0, 0.1) is 0 Å². The van der Waals surface area contributed by atoms with Crippen molar-refractivity contribution in [3.05, 3.63) is 132 Å². The molecule has 3 aromatic carbocycles. The summed E-state index contributed by atoms with van der Waals surface area (Å²) in [6, 6.07) is 23.1. The smallest absolute Gasteiger partial charge is 0.338 e. The van der Waals surface area contributed by atoms with Gasteiger partial charge in [0.15, 0.2) is 4.80 Å². The van der Waals surface area contributed by atoms with Gasteiger partial charge >= 0.3 is 5.97 Å². The molecule has 0 saturated carbocycles. The van der Waals surface area contributed by atoms with Gasteiger partial charge in [-0.05, 0) is 55.3 Å². The Labute approximate surface area is 258 Å². The third kappa shape index (κ3) is 5.32. The van der Waals surface area contributed by atoms with Crippen molar-refractivity contribution in [2.75, 3.05) is 25.6 Å². The van der Waals surface area contributed by atoms with Crippen LogP contribution >= 0.6 is 22.9 Å². The van der Waals surface area contributed by atoms with E-state index < -0.39 is 12.0 Å². The Kier molecular flexibility index (Phi) is 7.81. The van der Waals surface area contributed by atoms with Crippen LogP contribution in [0.25, 0.3) is 17.0 Å². The first-order chi connectivity index (χ1) is 20.8. The molecule has 0 unspecified atom stereocenters. The standard InChI is InChI=1S/C34H31ClN4O3S/c1-5-42-33(41)30-21(2)36-34-39(31(30)22-14-16-25(17-15-22)37(3)4)32(40)29(43-34)18-24-20-38(28-13-9-7-11-26(24)28)19-23-10-6-8-12-27(23)35/h6-18,20,31H,5,19H2,1-4H3/b29-18+/t31-/m1/s1. The summed E-state index contributed by atoms with van der Waals surface area (Å²) in [6.07, 6.45) is 3.98. The van der Waals surface area contributed by atoms with E-state index in [2.05, 4.69) is 22.9 Å². The van der Waals surface area contributed by atoms with Crippen LogP contribution in [0.15, 0.2) is 100 Å². The quantitative estimate of drug-likeness (QED) is 0.228. The first-order valence-corrected chi connectivity index (χ1v) is 15.2. The number of hydrogen-bond acceptors (Lipinski definition) is 6. The Morgan fingerprint density at radius 3 is 2.51 bits per heavy atom. The van der Waals surface area contributed by atoms with Crippen molar-refractivity contribution < 1.29 is 9.53 Å². The average Bonchev–Trinajstić information content (AvgIpc) is 3.50. The zero-order valence-electron chi connectivity index (χ0n) is 24.4. The molecular formula is C34H31ClN4O3S. The number of nitrogens with zero attached hydrogens (tertiary/aromatic N) is 4. The molecule has 3 heterocycles. The number of halogens is 1. The summed E-state index contributed by atoms with van der Waals surface area (Å²) in [5.74, 6) is -0.470. The number of benzene rings is 3. The molecule has 43 heavy (non-hydrogen) atoms. The number of para-hydroxylation sites is 1. The van der Waals surface area contributed by atoms with Crippen molar-refractivity contribution in [2.45, 2.75) is 26.4 Å². The minimum Gasteiger partial charge on any atom is -0.463 e. The molecule has 5 aromatic rings. The van der Waals surface area contributed by atoms with Gasteiger partial charge in [0.05, 0.1) is 28.5 Å². The molecular weight excluding hydrogens is 580 g/mol. The summed E-state index contributed by atoms with van der Waals surface area (Å²) in [5.41, 5.74) is 5.51. The number of carbonyl (C=O) groups is 1. The molecule has 1 aliphatic heterocycles. The maximum Gasteiger partial charge on any atom is 0.338 e. The van der Waals surface area contributed by atoms with Crippen LogP contribution in [-0.2, 0) is 16.1 Å². The summed E-state index contributed by atoms with van der Waals surface area (Å²) >= 11 is 7.80. The fraction of sp³-hybridized carbons (Fsp3) is 0.206. The molecule has 7 nitrogen and oxygen atoms in total. The van der Waals surface area contributed by atoms with Crippen LogP contribution < -0.4 is 19.8 Å². The molecule has 0 spiro atoms. The highest BCUT2D eigenvalue weighted by Crippen LogP contribution is 2.32. The maximum absolute atomic E-state index is 14.2. The van der Waals surface area contributed by atoms with E-state index in [1.165, 1.54) is 11.3 Å². The molecule has 0 saturated heterocycles. The van der Waals surface area contributed by atoms with E-state index >= 15 is 0 Å². The number of thiazole rings is 1. The fourth-order valence-electron chi connectivity index (χ4n) is 5.53. The number of ether oxygens (including phenoxy) is 1. The Balaban J connectivity index is 1.51. The predicted molar refractivity (Wildman–Crippen MR) is 174 cm³/mol. The molecule has 1 atom stereocenters. The van der Waals surface area contributed by atoms with Crippen molar-refractivity contribution in [3.63, 3.8) is 0 Å². The van der Waals surface area contributed by atoms with Gasteiger partial charge in [-0.15, -0.1) is 0 Å². The van der Waals surface area contributed by atoms with E-state index in [0.29, 0.717) is 32.2 Å². The number of aromatic nitrogens is 2. The molecule has 0 bridgehead atoms. The van der Waals surface area contributed by atoms with E-state index in [1.807, 2.05) is 85.7 Å². The largest absolute Gasteiger partial charge is 0.463 e. The molecule has 218 valence electrons. The first-order valence-electron chi connectivity index (χ1n) is 14.0. The van der Waals surface area contributed by atoms with Gasteiger partial charge in [-0.3, -0.25) is 9.36 Å². The Hall–Kier alpha value is -4.40. The second kappa shape index (κ2) is 11.7. The molecule has 0 radical (unpaired) electrons. The van der Waals surface area contributed by atoms with Crippen LogP contribution in [0.5, 0.6) is 0 Å². The van der Waals surface area contributed by atoms with Crippen molar-refractivity contribution in [1.82, 2.24) is 9.13 Å². The van der Waals surface area contributed by atoms with Crippen molar-refractivity contribution >= 4 is 51.6 Å². The molecule has 0 fully saturated rings. The lowest BCUT2D eigenvalue weighted by molar-refractivity contribution is -0.139. The third-order valence-corrected chi connectivity index (χ3v) is 9.00. The van der Waals surface area contributed by atoms with Gasteiger partial charge in [-0.1, -0.05) is 71.5 Å². The van der Waals surface area contributed by atoms with E-state index in [4.69, 9.17) is 21.3 Å². The number of fused-ring (bicyclic) bond motifs is 2. The summed E-state index contributed by atoms with van der Waals surface area (Å²) in [4.78, 5) is 34.7. The molecule has 2 aromatic heterocycles. The monoisotopic (exact) mass is 610 g/mol. The Bertz CT molecular complexity index is 2070. The van der Waals surface area contributed by atoms with Gasteiger partial charge in [-0.2, -0.15) is 0 Å². The van der Waals surface area contributed by atoms with Gasteiger partial charge in [0, 0.05) is 54.0 Å². The molecule has 0 aliphatic carbocycles. The van der Waals surface area contributed by atoms with Crippen LogP contribution in [0.4, 0.5) is 5.69 Å². The number of carbonyl (C=O) groups excluding carboxylic acids is 1. The fourth-order valence-corrected chi connectivity index (χ4v) is 6.77. The lowest BCUT2D eigenvalue weighted by Crippen LogP contribution is -2.39. The third-order valence-electron chi connectivity index (χ3n) is 7.65. The van der Waals surface area contributed by atoms with Crippen LogP contribution in [-0.4, -0.2) is 35.8 Å². The SMILES string of the molecule is CCOC(=O)C1=C(C)N=c2s/c(=C/c3cn(Cc4ccccc4Cl)c4ccccc34)c(=O)n2[C@@H]1c1ccc(N(C)C)cc1. The molecule has 1 aliphatic rings. The van der Waals surface area contributed by atoms with E-state index in [0.717, 1.165) is 33.3 Å². The van der Waals surface area contributed by atoms with E-state index in [-0.39, 0.29) is 12.2 Å². The number of esters is 1. The molecule has 0 N–H and O–H groups in total. The van der Waals surface area contributed by atoms with Crippen LogP contribution in [0.3, 0.4) is 0 Å². The predicted octanol–water partition coefficient (Wildman–Crippen LogP) is 5.52. The normalized spacial score (nSPS) is 15.0. The average molecular weight is 611 g/mol. The Morgan fingerprint density at radius 2 is 1.79 bits per heavy atom. The number of hydrogen-bond donors (Lipinski definition) is 0. The molecule has 0 amide bonds. The number of anilines is 1. The number of rotatable bonds is 7. The van der Waals surface area contributed by atoms with Crippen LogP contribution in [0.2, 0.25) is 5.02 Å². The summed E-state index contributed by atoms with van der Waals surface area (Å²) in [7, 11) is 3.94. The number of allylic oxidation sites excluding steroid dienone is 1. The first kappa shape index (κ1) is 28.7. The van der Waals surface area contributed by atoms with Crippen molar-refractivity contribution in [3.8, 4) is 0 Å². The summed E-state index contributed by atoms with van der Waals surface area (Å²) < 4.78 is 9.75. The molecule has 9 heteroatoms. The van der Waals surface area contributed by atoms with Gasteiger partial charge < -0.3 is 14.2 Å². The summed E-state index contributed by atoms with van der Waals surface area (Å²) in [6.45, 7) is 4.39. The highest BCUT2D eigenvalue weighted by Gasteiger charge is 2.33. The van der Waals surface area contributed by atoms with Gasteiger partial charge in [0.25, 0.3) is 5.56 Å². The zero-order valence-corrected chi connectivity index (χ0v) is 25.9. The minimum atomic E-state index is -0.657. The van der Waals surface area contributed by atoms with Gasteiger partial charge in [0.2, 0.25) is 0 Å². The van der Waals surface area contributed by atoms with E-state index in [1.54, 1.807) is 18.4 Å². The highest BCUT2D eigenvalue weighted by atomic mass is 35.5. The second-order valence-corrected chi connectivity index (χ2v) is 12.0. The highest BCUT2D eigenvalue weighted by molar-refractivity contribution is 7.07. The molecule has 6 rings (SSSR count). The van der Waals surface area contributed by atoms with Crippen molar-refractivity contribution in [1.29, 1.82) is 0 Å². The van der Waals surface area contributed by atoms with E-state index in [9.17, 15) is 9.59 Å². The lowest BCUT2D eigenvalue weighted by atomic mass is 9.95. The topological polar surface area (TPSA) is 68.8 Å². The Morgan fingerprint density at radius 1 is 1.07 bits per heavy atom. The zero-order chi connectivity index (χ0) is 30.2.